The van der Waals surface area contributed by atoms with Gasteiger partial charge >= 0.3 is 12.0 Å². The van der Waals surface area contributed by atoms with E-state index >= 15 is 0 Å². The van der Waals surface area contributed by atoms with Gasteiger partial charge in [0.25, 0.3) is 0 Å². The summed E-state index contributed by atoms with van der Waals surface area (Å²) in [5.41, 5.74) is 0.837. The first-order chi connectivity index (χ1) is 9.80. The maximum absolute atomic E-state index is 11.9. The van der Waals surface area contributed by atoms with Crippen molar-refractivity contribution >= 4 is 12.0 Å². The second kappa shape index (κ2) is 7.71. The minimum absolute atomic E-state index is 0.102. The number of amides is 2. The molecular formula is C15H24N2O4. The molecular weight excluding hydrogens is 272 g/mol. The molecule has 0 aliphatic heterocycles. The van der Waals surface area contributed by atoms with Crippen LogP contribution >= 0.6 is 0 Å². The summed E-state index contributed by atoms with van der Waals surface area (Å²) in [6, 6.07) is 1.67. The predicted octanol–water partition coefficient (Wildman–Crippen LogP) is 2.70. The van der Waals surface area contributed by atoms with E-state index in [2.05, 4.69) is 5.32 Å². The molecule has 1 aromatic heterocycles. The van der Waals surface area contributed by atoms with Crippen LogP contribution in [-0.2, 0) is 11.3 Å². The number of hydrogen-bond donors (Lipinski definition) is 2. The Labute approximate surface area is 125 Å². The van der Waals surface area contributed by atoms with E-state index in [-0.39, 0.29) is 17.9 Å². The number of hydrogen-bond acceptors (Lipinski definition) is 3. The normalized spacial score (nSPS) is 11.2. The monoisotopic (exact) mass is 296 g/mol. The van der Waals surface area contributed by atoms with Gasteiger partial charge < -0.3 is 19.7 Å². The van der Waals surface area contributed by atoms with E-state index in [4.69, 9.17) is 9.52 Å². The molecule has 0 spiro atoms. The summed E-state index contributed by atoms with van der Waals surface area (Å²) in [7, 11) is 1.72. The van der Waals surface area contributed by atoms with Crippen LogP contribution in [0.2, 0.25) is 0 Å². The summed E-state index contributed by atoms with van der Waals surface area (Å²) < 4.78 is 4.96. The molecule has 0 saturated carbocycles. The zero-order valence-electron chi connectivity index (χ0n) is 12.9. The van der Waals surface area contributed by atoms with Crippen molar-refractivity contribution in [3.63, 3.8) is 0 Å². The van der Waals surface area contributed by atoms with Crippen molar-refractivity contribution in [2.45, 2.75) is 39.7 Å². The lowest BCUT2D eigenvalue weighted by Gasteiger charge is -2.25. The van der Waals surface area contributed by atoms with Crippen LogP contribution < -0.4 is 5.32 Å². The summed E-state index contributed by atoms with van der Waals surface area (Å²) in [5, 5.41) is 11.5. The molecule has 1 heterocycles. The molecule has 118 valence electrons. The molecule has 6 nitrogen and oxygen atoms in total. The number of nitrogens with zero attached hydrogens (tertiary/aromatic N) is 1. The molecule has 0 bridgehead atoms. The zero-order chi connectivity index (χ0) is 15.9. The minimum Gasteiger partial charge on any atom is -0.481 e. The number of carbonyl (C=O) groups excluding carboxylic acids is 1. The summed E-state index contributed by atoms with van der Waals surface area (Å²) in [4.78, 5) is 24.1. The molecule has 0 fully saturated rings. The van der Waals surface area contributed by atoms with E-state index in [1.165, 1.54) is 0 Å². The Balaban J connectivity index is 2.27. The number of urea groups is 1. The summed E-state index contributed by atoms with van der Waals surface area (Å²) in [5.74, 6) is -0.785. The van der Waals surface area contributed by atoms with E-state index in [1.807, 2.05) is 19.9 Å². The lowest BCUT2D eigenvalue weighted by Crippen LogP contribution is -2.38. The highest BCUT2D eigenvalue weighted by molar-refractivity contribution is 5.73. The largest absolute Gasteiger partial charge is 0.481 e. The molecule has 6 heteroatoms. The van der Waals surface area contributed by atoms with Crippen LogP contribution in [0.15, 0.2) is 23.0 Å². The number of carbonyl (C=O) groups is 2. The molecule has 0 saturated heterocycles. The van der Waals surface area contributed by atoms with Crippen LogP contribution in [0, 0.1) is 5.41 Å². The number of furan rings is 1. The highest BCUT2D eigenvalue weighted by Crippen LogP contribution is 2.25. The fraction of sp³-hybridized carbons (Fsp3) is 0.600. The SMILES string of the molecule is CN(Cc1ccoc1)C(=O)NCCC(C)(C)CCC(=O)O. The van der Waals surface area contributed by atoms with Gasteiger partial charge in [-0.15, -0.1) is 0 Å². The molecule has 21 heavy (non-hydrogen) atoms. The standard InChI is InChI=1S/C15H24N2O4/c1-15(2,6-4-13(18)19)7-8-16-14(20)17(3)10-12-5-9-21-11-12/h5,9,11H,4,6-8,10H2,1-3H3,(H,16,20)(H,18,19). The maximum Gasteiger partial charge on any atom is 0.317 e. The van der Waals surface area contributed by atoms with E-state index < -0.39 is 5.97 Å². The molecule has 0 atom stereocenters. The van der Waals surface area contributed by atoms with Gasteiger partial charge in [-0.05, 0) is 24.3 Å². The minimum atomic E-state index is -0.785. The Kier molecular flexibility index (Phi) is 6.27. The molecule has 2 amide bonds. The Morgan fingerprint density at radius 3 is 2.67 bits per heavy atom. The van der Waals surface area contributed by atoms with E-state index in [0.29, 0.717) is 19.5 Å². The molecule has 0 aliphatic rings. The van der Waals surface area contributed by atoms with Crippen molar-refractivity contribution in [2.24, 2.45) is 5.41 Å². The Morgan fingerprint density at radius 1 is 1.38 bits per heavy atom. The number of aliphatic carboxylic acids is 1. The van der Waals surface area contributed by atoms with Crippen molar-refractivity contribution in [3.05, 3.63) is 24.2 Å². The van der Waals surface area contributed by atoms with Gasteiger partial charge in [0.1, 0.15) is 0 Å². The average molecular weight is 296 g/mol. The number of rotatable bonds is 8. The first-order valence-electron chi connectivity index (χ1n) is 7.02. The third-order valence-corrected chi connectivity index (χ3v) is 3.44. The number of carboxylic acids is 1. The van der Waals surface area contributed by atoms with Crippen LogP contribution in [0.25, 0.3) is 0 Å². The first-order valence-corrected chi connectivity index (χ1v) is 7.02. The van der Waals surface area contributed by atoms with Crippen LogP contribution in [0.1, 0.15) is 38.7 Å². The van der Waals surface area contributed by atoms with Gasteiger partial charge in [-0.1, -0.05) is 13.8 Å². The highest BCUT2D eigenvalue weighted by Gasteiger charge is 2.19. The Bertz CT molecular complexity index is 454. The van der Waals surface area contributed by atoms with Gasteiger partial charge in [-0.2, -0.15) is 0 Å². The van der Waals surface area contributed by atoms with E-state index in [0.717, 1.165) is 12.0 Å². The van der Waals surface area contributed by atoms with Gasteiger partial charge in [0.2, 0.25) is 0 Å². The lowest BCUT2D eigenvalue weighted by molar-refractivity contribution is -0.137. The molecule has 0 unspecified atom stereocenters. The van der Waals surface area contributed by atoms with Crippen LogP contribution in [0.5, 0.6) is 0 Å². The summed E-state index contributed by atoms with van der Waals surface area (Å²) >= 11 is 0. The van der Waals surface area contributed by atoms with Gasteiger partial charge in [0, 0.05) is 25.6 Å². The Hall–Kier alpha value is -1.98. The van der Waals surface area contributed by atoms with Crippen LogP contribution in [0.3, 0.4) is 0 Å². The fourth-order valence-electron chi connectivity index (χ4n) is 1.94. The van der Waals surface area contributed by atoms with Gasteiger partial charge in [-0.25, -0.2) is 4.79 Å². The van der Waals surface area contributed by atoms with Crippen LogP contribution in [0.4, 0.5) is 4.79 Å². The second-order valence-corrected chi connectivity index (χ2v) is 6.03. The third kappa shape index (κ3) is 6.83. The van der Waals surface area contributed by atoms with Gasteiger partial charge in [-0.3, -0.25) is 4.79 Å². The topological polar surface area (TPSA) is 82.8 Å². The molecule has 0 aliphatic carbocycles. The molecule has 1 rings (SSSR count). The third-order valence-electron chi connectivity index (χ3n) is 3.44. The molecule has 0 aromatic carbocycles. The number of nitrogens with one attached hydrogen (secondary N) is 1. The zero-order valence-corrected chi connectivity index (χ0v) is 12.9. The van der Waals surface area contributed by atoms with Crippen molar-refractivity contribution in [3.8, 4) is 0 Å². The second-order valence-electron chi connectivity index (χ2n) is 6.03. The first kappa shape index (κ1) is 17.1. The smallest absolute Gasteiger partial charge is 0.317 e. The molecule has 2 N–H and O–H groups in total. The fourth-order valence-corrected chi connectivity index (χ4v) is 1.94. The van der Waals surface area contributed by atoms with E-state index in [1.54, 1.807) is 24.5 Å². The molecule has 1 aromatic rings. The molecule has 0 radical (unpaired) electrons. The van der Waals surface area contributed by atoms with Crippen molar-refractivity contribution < 1.29 is 19.1 Å². The summed E-state index contributed by atoms with van der Waals surface area (Å²) in [6.07, 6.45) is 4.68. The number of carboxylic acid groups (broad SMARTS) is 1. The average Bonchev–Trinajstić information content (AvgIpc) is 2.89. The lowest BCUT2D eigenvalue weighted by atomic mass is 9.84. The van der Waals surface area contributed by atoms with E-state index in [9.17, 15) is 9.59 Å². The van der Waals surface area contributed by atoms with Crippen molar-refractivity contribution in [1.82, 2.24) is 10.2 Å². The highest BCUT2D eigenvalue weighted by atomic mass is 16.4. The maximum atomic E-state index is 11.9. The van der Waals surface area contributed by atoms with Gasteiger partial charge in [0.05, 0.1) is 19.1 Å². The quantitative estimate of drug-likeness (QED) is 0.772. The van der Waals surface area contributed by atoms with Crippen molar-refractivity contribution in [1.29, 1.82) is 0 Å². The Morgan fingerprint density at radius 2 is 2.10 bits per heavy atom. The van der Waals surface area contributed by atoms with Crippen molar-refractivity contribution in [2.75, 3.05) is 13.6 Å². The van der Waals surface area contributed by atoms with Crippen LogP contribution in [-0.4, -0.2) is 35.6 Å². The summed E-state index contributed by atoms with van der Waals surface area (Å²) in [6.45, 7) is 5.04. The predicted molar refractivity (Wildman–Crippen MR) is 78.8 cm³/mol. The van der Waals surface area contributed by atoms with Gasteiger partial charge in [0.15, 0.2) is 0 Å².